The van der Waals surface area contributed by atoms with E-state index in [0.717, 1.165) is 18.4 Å². The molecule has 0 aromatic heterocycles. The lowest BCUT2D eigenvalue weighted by molar-refractivity contribution is -0.384. The van der Waals surface area contributed by atoms with Crippen LogP contribution in [-0.2, 0) is 11.3 Å². The van der Waals surface area contributed by atoms with Gasteiger partial charge in [-0.2, -0.15) is 0 Å². The van der Waals surface area contributed by atoms with Gasteiger partial charge in [-0.3, -0.25) is 25.7 Å². The molecule has 0 aliphatic heterocycles. The van der Waals surface area contributed by atoms with Gasteiger partial charge in [-0.25, -0.2) is 0 Å². The third-order valence-electron chi connectivity index (χ3n) is 3.22. The summed E-state index contributed by atoms with van der Waals surface area (Å²) in [5.41, 5.74) is 3.35. The van der Waals surface area contributed by atoms with Crippen LogP contribution in [0.25, 0.3) is 0 Å². The Balaban J connectivity index is 1.94. The van der Waals surface area contributed by atoms with E-state index in [1.165, 1.54) is 6.07 Å². The molecule has 2 rings (SSSR count). The van der Waals surface area contributed by atoms with E-state index in [1.54, 1.807) is 12.1 Å². The van der Waals surface area contributed by atoms with Gasteiger partial charge in [-0.1, -0.05) is 6.07 Å². The minimum Gasteiger partial charge on any atom is -0.352 e. The van der Waals surface area contributed by atoms with E-state index in [1.807, 2.05) is 11.9 Å². The van der Waals surface area contributed by atoms with Crippen molar-refractivity contribution in [3.8, 4) is 0 Å². The van der Waals surface area contributed by atoms with Crippen molar-refractivity contribution in [2.75, 3.05) is 19.0 Å². The van der Waals surface area contributed by atoms with Gasteiger partial charge in [0, 0.05) is 18.7 Å². The van der Waals surface area contributed by atoms with Crippen LogP contribution in [0.15, 0.2) is 18.2 Å². The van der Waals surface area contributed by atoms with Crippen LogP contribution in [0.1, 0.15) is 18.4 Å². The van der Waals surface area contributed by atoms with E-state index in [0.29, 0.717) is 19.1 Å². The zero-order chi connectivity index (χ0) is 15.4. The van der Waals surface area contributed by atoms with Crippen LogP contribution in [0.4, 0.5) is 11.4 Å². The zero-order valence-corrected chi connectivity index (χ0v) is 11.8. The monoisotopic (exact) mass is 293 g/mol. The standard InChI is InChI=1S/C13H19N5O3/c1-17(8-13(19)15-10-3-4-10)7-9-2-5-12(18(20)21)11(6-9)16-14/h2,5-6,10,16H,3-4,7-8,14H2,1H3,(H,15,19). The molecule has 8 heteroatoms. The Kier molecular flexibility index (Phi) is 4.71. The minimum absolute atomic E-state index is 0.000847. The second kappa shape index (κ2) is 6.51. The molecule has 0 saturated heterocycles. The van der Waals surface area contributed by atoms with Crippen LogP contribution in [0.3, 0.4) is 0 Å². The summed E-state index contributed by atoms with van der Waals surface area (Å²) in [4.78, 5) is 23.9. The van der Waals surface area contributed by atoms with Gasteiger partial charge < -0.3 is 10.7 Å². The average Bonchev–Trinajstić information content (AvgIpc) is 3.21. The molecular weight excluding hydrogens is 274 g/mol. The molecule has 0 spiro atoms. The molecule has 0 bridgehead atoms. The molecule has 8 nitrogen and oxygen atoms in total. The highest BCUT2D eigenvalue weighted by molar-refractivity contribution is 5.78. The highest BCUT2D eigenvalue weighted by Gasteiger charge is 2.23. The van der Waals surface area contributed by atoms with Gasteiger partial charge in [0.1, 0.15) is 5.69 Å². The Morgan fingerprint density at radius 1 is 1.52 bits per heavy atom. The Morgan fingerprint density at radius 3 is 2.81 bits per heavy atom. The molecule has 0 heterocycles. The first-order chi connectivity index (χ1) is 9.99. The molecule has 0 atom stereocenters. The lowest BCUT2D eigenvalue weighted by Crippen LogP contribution is -2.35. The highest BCUT2D eigenvalue weighted by atomic mass is 16.6. The Labute approximate surface area is 122 Å². The van der Waals surface area contributed by atoms with Gasteiger partial charge >= 0.3 is 0 Å². The molecule has 1 aromatic carbocycles. The summed E-state index contributed by atoms with van der Waals surface area (Å²) in [7, 11) is 1.82. The van der Waals surface area contributed by atoms with E-state index in [4.69, 9.17) is 5.84 Å². The third-order valence-corrected chi connectivity index (χ3v) is 3.22. The number of amides is 1. The normalized spacial score (nSPS) is 14.0. The molecule has 1 aliphatic carbocycles. The molecule has 0 unspecified atom stereocenters. The first-order valence-corrected chi connectivity index (χ1v) is 6.71. The van der Waals surface area contributed by atoms with Crippen LogP contribution in [0, 0.1) is 10.1 Å². The number of nitrogen functional groups attached to an aromatic ring is 1. The van der Waals surface area contributed by atoms with Crippen LogP contribution >= 0.6 is 0 Å². The lowest BCUT2D eigenvalue weighted by Gasteiger charge is -2.16. The van der Waals surface area contributed by atoms with Crippen molar-refractivity contribution in [3.05, 3.63) is 33.9 Å². The Bertz CT molecular complexity index is 545. The lowest BCUT2D eigenvalue weighted by atomic mass is 10.1. The number of rotatable bonds is 7. The van der Waals surface area contributed by atoms with Crippen LogP contribution in [0.2, 0.25) is 0 Å². The molecule has 0 radical (unpaired) electrons. The predicted octanol–water partition coefficient (Wildman–Crippen LogP) is 0.591. The van der Waals surface area contributed by atoms with Crippen molar-refractivity contribution in [3.63, 3.8) is 0 Å². The second-order valence-electron chi connectivity index (χ2n) is 5.27. The fourth-order valence-electron chi connectivity index (χ4n) is 2.07. The molecule has 1 saturated carbocycles. The summed E-state index contributed by atoms with van der Waals surface area (Å²) in [6, 6.07) is 5.03. The fourth-order valence-corrected chi connectivity index (χ4v) is 2.07. The summed E-state index contributed by atoms with van der Waals surface area (Å²) in [6.07, 6.45) is 2.12. The summed E-state index contributed by atoms with van der Waals surface area (Å²) in [5, 5.41) is 13.7. The number of carbonyl (C=O) groups is 1. The number of likely N-dealkylation sites (N-methyl/N-ethyl adjacent to an activating group) is 1. The smallest absolute Gasteiger partial charge is 0.293 e. The molecule has 1 aromatic rings. The van der Waals surface area contributed by atoms with E-state index >= 15 is 0 Å². The first kappa shape index (κ1) is 15.2. The van der Waals surface area contributed by atoms with Gasteiger partial charge in [0.05, 0.1) is 11.5 Å². The molecule has 4 N–H and O–H groups in total. The molecular formula is C13H19N5O3. The van der Waals surface area contributed by atoms with E-state index < -0.39 is 4.92 Å². The average molecular weight is 293 g/mol. The maximum atomic E-state index is 11.7. The van der Waals surface area contributed by atoms with Crippen molar-refractivity contribution in [2.45, 2.75) is 25.4 Å². The largest absolute Gasteiger partial charge is 0.352 e. The van der Waals surface area contributed by atoms with Gasteiger partial charge in [0.25, 0.3) is 5.69 Å². The summed E-state index contributed by atoms with van der Waals surface area (Å²) >= 11 is 0. The number of nitrogens with zero attached hydrogens (tertiary/aromatic N) is 2. The number of benzene rings is 1. The van der Waals surface area contributed by atoms with Crippen molar-refractivity contribution in [1.29, 1.82) is 0 Å². The van der Waals surface area contributed by atoms with Crippen LogP contribution in [0.5, 0.6) is 0 Å². The van der Waals surface area contributed by atoms with E-state index in [9.17, 15) is 14.9 Å². The molecule has 1 aliphatic rings. The quantitative estimate of drug-likeness (QED) is 0.385. The number of nitrogens with two attached hydrogens (primary N) is 1. The van der Waals surface area contributed by atoms with Gasteiger partial charge in [0.15, 0.2) is 0 Å². The van der Waals surface area contributed by atoms with Gasteiger partial charge in [0.2, 0.25) is 5.91 Å². The zero-order valence-electron chi connectivity index (χ0n) is 11.8. The van der Waals surface area contributed by atoms with E-state index in [-0.39, 0.29) is 17.3 Å². The maximum Gasteiger partial charge on any atom is 0.293 e. The van der Waals surface area contributed by atoms with Gasteiger partial charge in [-0.05, 0) is 31.5 Å². The summed E-state index contributed by atoms with van der Waals surface area (Å²) in [5.74, 6) is 5.30. The molecule has 1 amide bonds. The molecule has 114 valence electrons. The number of carbonyl (C=O) groups excluding carboxylic acids is 1. The second-order valence-corrected chi connectivity index (χ2v) is 5.27. The van der Waals surface area contributed by atoms with Crippen LogP contribution in [-0.4, -0.2) is 35.4 Å². The Hall–Kier alpha value is -2.19. The van der Waals surface area contributed by atoms with Crippen molar-refractivity contribution in [2.24, 2.45) is 5.84 Å². The summed E-state index contributed by atoms with van der Waals surface area (Å²) < 4.78 is 0. The van der Waals surface area contributed by atoms with Crippen molar-refractivity contribution in [1.82, 2.24) is 10.2 Å². The number of hydrazine groups is 1. The minimum atomic E-state index is -0.494. The number of hydrogen-bond donors (Lipinski definition) is 3. The molecule has 21 heavy (non-hydrogen) atoms. The number of nitro groups is 1. The number of hydrogen-bond acceptors (Lipinski definition) is 6. The van der Waals surface area contributed by atoms with Crippen molar-refractivity contribution >= 4 is 17.3 Å². The van der Waals surface area contributed by atoms with E-state index in [2.05, 4.69) is 10.7 Å². The first-order valence-electron chi connectivity index (χ1n) is 6.71. The number of nitrogens with one attached hydrogen (secondary N) is 2. The topological polar surface area (TPSA) is 114 Å². The number of nitro benzene ring substituents is 1. The highest BCUT2D eigenvalue weighted by Crippen LogP contribution is 2.25. The summed E-state index contributed by atoms with van der Waals surface area (Å²) in [6.45, 7) is 0.795. The number of anilines is 1. The van der Waals surface area contributed by atoms with Gasteiger partial charge in [-0.15, -0.1) is 0 Å². The Morgan fingerprint density at radius 2 is 2.24 bits per heavy atom. The fraction of sp³-hybridized carbons (Fsp3) is 0.462. The SMILES string of the molecule is CN(CC(=O)NC1CC1)Cc1ccc([N+](=O)[O-])c(NN)c1. The maximum absolute atomic E-state index is 11.7. The third kappa shape index (κ3) is 4.40. The predicted molar refractivity (Wildman–Crippen MR) is 78.4 cm³/mol. The van der Waals surface area contributed by atoms with Crippen molar-refractivity contribution < 1.29 is 9.72 Å². The molecule has 1 fully saturated rings. The van der Waals surface area contributed by atoms with Crippen LogP contribution < -0.4 is 16.6 Å².